The van der Waals surface area contributed by atoms with E-state index >= 15 is 0 Å². The van der Waals surface area contributed by atoms with Crippen molar-refractivity contribution >= 4 is 46.3 Å². The highest BCUT2D eigenvalue weighted by Gasteiger charge is 2.32. The summed E-state index contributed by atoms with van der Waals surface area (Å²) in [4.78, 5) is 25.3. The van der Waals surface area contributed by atoms with Gasteiger partial charge >= 0.3 is 5.97 Å². The number of aliphatic carboxylic acids is 1. The minimum absolute atomic E-state index is 0.0617. The van der Waals surface area contributed by atoms with Crippen LogP contribution in [-0.4, -0.2) is 39.4 Å². The van der Waals surface area contributed by atoms with Gasteiger partial charge in [-0.3, -0.25) is 14.5 Å². The molecule has 33 heavy (non-hydrogen) atoms. The number of carbonyl (C=O) groups excluding carboxylic acids is 1. The van der Waals surface area contributed by atoms with E-state index in [0.29, 0.717) is 33.9 Å². The predicted octanol–water partition coefficient (Wildman–Crippen LogP) is 5.27. The molecule has 0 radical (unpaired) electrons. The average molecular weight is 486 g/mol. The standard InChI is InChI=1S/C25H27NO5S2/c1-5-30-21-12-18(13-22-24(29)26(25(32)33-22)9-8-23(27)28)6-7-20(21)31-14-19-11-16(3)15(2)10-17(19)4/h6-7,10-13H,5,8-9,14H2,1-4H3,(H,27,28)/b22-13+. The summed E-state index contributed by atoms with van der Waals surface area (Å²) in [7, 11) is 0. The van der Waals surface area contributed by atoms with Crippen molar-refractivity contribution in [2.45, 2.75) is 40.7 Å². The lowest BCUT2D eigenvalue weighted by Gasteiger charge is -2.15. The van der Waals surface area contributed by atoms with Crippen LogP contribution in [0.15, 0.2) is 35.2 Å². The molecule has 1 N–H and O–H groups in total. The second kappa shape index (κ2) is 10.9. The van der Waals surface area contributed by atoms with Gasteiger partial charge in [-0.05, 0) is 73.7 Å². The maximum Gasteiger partial charge on any atom is 0.305 e. The van der Waals surface area contributed by atoms with Crippen LogP contribution in [0.1, 0.15) is 41.2 Å². The van der Waals surface area contributed by atoms with E-state index in [2.05, 4.69) is 32.9 Å². The van der Waals surface area contributed by atoms with Crippen LogP contribution in [0.2, 0.25) is 0 Å². The van der Waals surface area contributed by atoms with Crippen LogP contribution >= 0.6 is 24.0 Å². The third kappa shape index (κ3) is 6.15. The molecule has 0 atom stereocenters. The maximum absolute atomic E-state index is 12.7. The van der Waals surface area contributed by atoms with E-state index in [4.69, 9.17) is 26.8 Å². The van der Waals surface area contributed by atoms with Crippen molar-refractivity contribution in [2.24, 2.45) is 0 Å². The van der Waals surface area contributed by atoms with Crippen LogP contribution in [0.3, 0.4) is 0 Å². The molecule has 1 amide bonds. The van der Waals surface area contributed by atoms with Gasteiger partial charge in [0.25, 0.3) is 5.91 Å². The Labute approximate surface area is 203 Å². The maximum atomic E-state index is 12.7. The number of aryl methyl sites for hydroxylation is 3. The summed E-state index contributed by atoms with van der Waals surface area (Å²) in [6, 6.07) is 9.82. The largest absolute Gasteiger partial charge is 0.490 e. The molecule has 2 aromatic carbocycles. The number of thioether (sulfide) groups is 1. The Bertz CT molecular complexity index is 1130. The molecule has 0 bridgehead atoms. The zero-order valence-corrected chi connectivity index (χ0v) is 20.8. The Morgan fingerprint density at radius 2 is 1.82 bits per heavy atom. The number of thiocarbonyl (C=S) groups is 1. The van der Waals surface area contributed by atoms with Crippen LogP contribution in [0, 0.1) is 20.8 Å². The molecule has 1 fully saturated rings. The molecular formula is C25H27NO5S2. The molecule has 0 aliphatic carbocycles. The number of carboxylic acids is 1. The highest BCUT2D eigenvalue weighted by atomic mass is 32.2. The third-order valence-corrected chi connectivity index (χ3v) is 6.70. The number of hydrogen-bond acceptors (Lipinski definition) is 6. The van der Waals surface area contributed by atoms with Crippen LogP contribution in [0.4, 0.5) is 0 Å². The predicted molar refractivity (Wildman–Crippen MR) is 135 cm³/mol. The van der Waals surface area contributed by atoms with Crippen molar-refractivity contribution in [2.75, 3.05) is 13.2 Å². The molecule has 0 aromatic heterocycles. The van der Waals surface area contributed by atoms with Gasteiger partial charge in [-0.2, -0.15) is 0 Å². The molecule has 1 heterocycles. The van der Waals surface area contributed by atoms with E-state index < -0.39 is 5.97 Å². The van der Waals surface area contributed by atoms with E-state index in [1.54, 1.807) is 6.08 Å². The van der Waals surface area contributed by atoms with E-state index in [1.165, 1.54) is 33.4 Å². The number of amides is 1. The lowest BCUT2D eigenvalue weighted by atomic mass is 10.0. The minimum atomic E-state index is -0.971. The first-order valence-corrected chi connectivity index (χ1v) is 11.9. The zero-order valence-electron chi connectivity index (χ0n) is 19.1. The van der Waals surface area contributed by atoms with Crippen LogP contribution in [-0.2, 0) is 16.2 Å². The minimum Gasteiger partial charge on any atom is -0.490 e. The van der Waals surface area contributed by atoms with E-state index in [9.17, 15) is 9.59 Å². The molecule has 174 valence electrons. The number of carboxylic acid groups (broad SMARTS) is 1. The second-order valence-electron chi connectivity index (χ2n) is 7.77. The lowest BCUT2D eigenvalue weighted by molar-refractivity contribution is -0.137. The first-order valence-electron chi connectivity index (χ1n) is 10.6. The zero-order chi connectivity index (χ0) is 24.1. The Hall–Kier alpha value is -2.84. The van der Waals surface area contributed by atoms with Crippen molar-refractivity contribution < 1.29 is 24.2 Å². The first kappa shape index (κ1) is 24.8. The van der Waals surface area contributed by atoms with Gasteiger partial charge in [-0.15, -0.1) is 0 Å². The molecule has 0 saturated carbocycles. The number of rotatable bonds is 9. The molecule has 0 spiro atoms. The molecule has 1 aliphatic heterocycles. The molecule has 3 rings (SSSR count). The molecule has 1 aliphatic rings. The Kier molecular flexibility index (Phi) is 8.15. The first-order chi connectivity index (χ1) is 15.7. The van der Waals surface area contributed by atoms with Gasteiger partial charge in [0.15, 0.2) is 11.5 Å². The van der Waals surface area contributed by atoms with Gasteiger partial charge in [0.05, 0.1) is 17.9 Å². The summed E-state index contributed by atoms with van der Waals surface area (Å²) in [6.45, 7) is 9.12. The quantitative estimate of drug-likeness (QED) is 0.383. The summed E-state index contributed by atoms with van der Waals surface area (Å²) in [5.74, 6) is -0.0366. The monoisotopic (exact) mass is 485 g/mol. The molecule has 6 nitrogen and oxygen atoms in total. The topological polar surface area (TPSA) is 76.1 Å². The number of carbonyl (C=O) groups is 2. The van der Waals surface area contributed by atoms with Gasteiger partial charge in [0.1, 0.15) is 10.9 Å². The van der Waals surface area contributed by atoms with E-state index in [0.717, 1.165) is 11.1 Å². The normalized spacial score (nSPS) is 14.8. The fourth-order valence-electron chi connectivity index (χ4n) is 3.38. The fraction of sp³-hybridized carbons (Fsp3) is 0.320. The van der Waals surface area contributed by atoms with Crippen molar-refractivity contribution in [3.63, 3.8) is 0 Å². The Morgan fingerprint density at radius 3 is 2.52 bits per heavy atom. The Balaban J connectivity index is 1.78. The summed E-state index contributed by atoms with van der Waals surface area (Å²) in [5.41, 5.74) is 5.54. The number of benzene rings is 2. The smallest absolute Gasteiger partial charge is 0.305 e. The molecule has 8 heteroatoms. The lowest BCUT2D eigenvalue weighted by Crippen LogP contribution is -2.30. The van der Waals surface area contributed by atoms with Gasteiger partial charge < -0.3 is 14.6 Å². The Morgan fingerprint density at radius 1 is 1.09 bits per heavy atom. The van der Waals surface area contributed by atoms with Crippen LogP contribution in [0.25, 0.3) is 6.08 Å². The highest BCUT2D eigenvalue weighted by molar-refractivity contribution is 8.26. The molecule has 1 saturated heterocycles. The number of hydrogen-bond donors (Lipinski definition) is 1. The fourth-order valence-corrected chi connectivity index (χ4v) is 4.69. The SMILES string of the molecule is CCOc1cc(/C=C2/SC(=S)N(CCC(=O)O)C2=O)ccc1OCc1cc(C)c(C)cc1C. The van der Waals surface area contributed by atoms with Crippen molar-refractivity contribution in [1.82, 2.24) is 4.90 Å². The number of ether oxygens (including phenoxy) is 2. The van der Waals surface area contributed by atoms with Crippen molar-refractivity contribution in [3.05, 3.63) is 63.1 Å². The van der Waals surface area contributed by atoms with Crippen LogP contribution < -0.4 is 9.47 Å². The molecule has 0 unspecified atom stereocenters. The average Bonchev–Trinajstić information content (AvgIpc) is 3.02. The summed E-state index contributed by atoms with van der Waals surface area (Å²) in [5, 5.41) is 8.88. The second-order valence-corrected chi connectivity index (χ2v) is 9.44. The van der Waals surface area contributed by atoms with Gasteiger partial charge in [0, 0.05) is 6.54 Å². The summed E-state index contributed by atoms with van der Waals surface area (Å²) in [6.07, 6.45) is 1.58. The van der Waals surface area contributed by atoms with Crippen molar-refractivity contribution in [1.29, 1.82) is 0 Å². The highest BCUT2D eigenvalue weighted by Crippen LogP contribution is 2.35. The summed E-state index contributed by atoms with van der Waals surface area (Å²) < 4.78 is 12.2. The third-order valence-electron chi connectivity index (χ3n) is 5.32. The summed E-state index contributed by atoms with van der Waals surface area (Å²) >= 11 is 6.42. The van der Waals surface area contributed by atoms with E-state index in [-0.39, 0.29) is 18.9 Å². The van der Waals surface area contributed by atoms with Gasteiger partial charge in [0.2, 0.25) is 0 Å². The van der Waals surface area contributed by atoms with Gasteiger partial charge in [-0.1, -0.05) is 42.2 Å². The van der Waals surface area contributed by atoms with Gasteiger partial charge in [-0.25, -0.2) is 0 Å². The van der Waals surface area contributed by atoms with Crippen LogP contribution in [0.5, 0.6) is 11.5 Å². The van der Waals surface area contributed by atoms with E-state index in [1.807, 2.05) is 25.1 Å². The molecule has 2 aromatic rings. The number of nitrogens with zero attached hydrogens (tertiary/aromatic N) is 1. The van der Waals surface area contributed by atoms with Crippen molar-refractivity contribution in [3.8, 4) is 11.5 Å². The molecular weight excluding hydrogens is 458 g/mol.